The first-order valence-electron chi connectivity index (χ1n) is 12.1. The fourth-order valence-electron chi connectivity index (χ4n) is 4.49. The number of carbonyl (C=O) groups is 1. The van der Waals surface area contributed by atoms with Gasteiger partial charge in [-0.3, -0.25) is 14.2 Å². The number of carbonyl (C=O) groups excluding carboxylic acids is 1. The van der Waals surface area contributed by atoms with Crippen LogP contribution in [0.3, 0.4) is 0 Å². The number of nitrogens with zero attached hydrogens (tertiary/aromatic N) is 3. The second-order valence-corrected chi connectivity index (χ2v) is 9.91. The van der Waals surface area contributed by atoms with Gasteiger partial charge in [0.1, 0.15) is 17.3 Å². The van der Waals surface area contributed by atoms with Crippen molar-refractivity contribution >= 4 is 32.7 Å². The average Bonchev–Trinajstić information content (AvgIpc) is 3.45. The maximum atomic E-state index is 14.0. The minimum atomic E-state index is -0.612. The van der Waals surface area contributed by atoms with E-state index in [2.05, 4.69) is 15.9 Å². The van der Waals surface area contributed by atoms with Crippen LogP contribution in [-0.4, -0.2) is 27.5 Å². The lowest BCUT2D eigenvalue weighted by Crippen LogP contribution is -2.37. The number of hydrogen-bond acceptors (Lipinski definition) is 5. The molecule has 0 saturated heterocycles. The van der Waals surface area contributed by atoms with Gasteiger partial charge in [0.15, 0.2) is 0 Å². The largest absolute Gasteiger partial charge is 0.495 e. The van der Waals surface area contributed by atoms with E-state index in [4.69, 9.17) is 14.1 Å². The van der Waals surface area contributed by atoms with E-state index in [0.717, 1.165) is 10.0 Å². The molecule has 0 aliphatic heterocycles. The third-order valence-corrected chi connectivity index (χ3v) is 7.01. The zero-order valence-corrected chi connectivity index (χ0v) is 22.8. The van der Waals surface area contributed by atoms with E-state index in [-0.39, 0.29) is 18.0 Å². The van der Waals surface area contributed by atoms with Crippen LogP contribution in [-0.2, 0) is 6.54 Å². The van der Waals surface area contributed by atoms with Crippen molar-refractivity contribution in [1.29, 1.82) is 0 Å². The summed E-state index contributed by atoms with van der Waals surface area (Å²) in [6.07, 6.45) is 1.57. The zero-order valence-electron chi connectivity index (χ0n) is 21.2. The Morgan fingerprint density at radius 1 is 1.08 bits per heavy atom. The first kappa shape index (κ1) is 25.5. The third kappa shape index (κ3) is 4.87. The lowest BCUT2D eigenvalue weighted by molar-refractivity contribution is 0.0648. The molecule has 1 atom stereocenters. The molecule has 5 rings (SSSR count). The number of amides is 1. The van der Waals surface area contributed by atoms with Gasteiger partial charge in [-0.25, -0.2) is 4.98 Å². The van der Waals surface area contributed by atoms with Crippen LogP contribution in [0.5, 0.6) is 5.75 Å². The van der Waals surface area contributed by atoms with Crippen LogP contribution in [0.25, 0.3) is 16.6 Å². The van der Waals surface area contributed by atoms with Gasteiger partial charge in [0.05, 0.1) is 42.5 Å². The van der Waals surface area contributed by atoms with E-state index in [0.29, 0.717) is 39.5 Å². The Labute approximate surface area is 228 Å². The Balaban J connectivity index is 1.74. The molecule has 2 aromatic heterocycles. The standard InChI is InChI=1S/C30H26BrN3O4/c1-19-10-15-27(37-3)26(17-19)34-28(32-25-9-5-4-8-24(25)30(34)36)20(2)33(18-23-7-6-16-38-23)29(35)21-11-13-22(31)14-12-21/h4-17,20H,18H2,1-3H3. The first-order chi connectivity index (χ1) is 18.4. The molecule has 2 heterocycles. The first-order valence-corrected chi connectivity index (χ1v) is 12.9. The highest BCUT2D eigenvalue weighted by Crippen LogP contribution is 2.30. The van der Waals surface area contributed by atoms with Crippen molar-refractivity contribution in [2.75, 3.05) is 7.11 Å². The molecule has 1 amide bonds. The van der Waals surface area contributed by atoms with Gasteiger partial charge in [-0.2, -0.15) is 0 Å². The van der Waals surface area contributed by atoms with Gasteiger partial charge in [-0.1, -0.05) is 34.1 Å². The van der Waals surface area contributed by atoms with E-state index < -0.39 is 6.04 Å². The summed E-state index contributed by atoms with van der Waals surface area (Å²) in [6.45, 7) is 4.01. The molecular weight excluding hydrogens is 546 g/mol. The second kappa shape index (κ2) is 10.7. The summed E-state index contributed by atoms with van der Waals surface area (Å²) < 4.78 is 13.7. The number of benzene rings is 3. The normalized spacial score (nSPS) is 11.9. The highest BCUT2D eigenvalue weighted by Gasteiger charge is 2.29. The maximum absolute atomic E-state index is 14.0. The number of halogens is 1. The van der Waals surface area contributed by atoms with Crippen molar-refractivity contribution in [2.24, 2.45) is 0 Å². The fourth-order valence-corrected chi connectivity index (χ4v) is 4.75. The Kier molecular flexibility index (Phi) is 7.15. The summed E-state index contributed by atoms with van der Waals surface area (Å²) >= 11 is 3.43. The summed E-state index contributed by atoms with van der Waals surface area (Å²) in [6, 6.07) is 23.0. The molecule has 0 aliphatic carbocycles. The van der Waals surface area contributed by atoms with E-state index in [1.165, 1.54) is 0 Å². The molecule has 0 radical (unpaired) electrons. The van der Waals surface area contributed by atoms with E-state index >= 15 is 0 Å². The summed E-state index contributed by atoms with van der Waals surface area (Å²) in [5.74, 6) is 1.34. The SMILES string of the molecule is COc1ccc(C)cc1-n1c(C(C)N(Cc2ccco2)C(=O)c2ccc(Br)cc2)nc2ccccc2c1=O. The van der Waals surface area contributed by atoms with Crippen LogP contribution in [0.1, 0.15) is 40.5 Å². The molecule has 192 valence electrons. The molecule has 1 unspecified atom stereocenters. The number of fused-ring (bicyclic) bond motifs is 1. The lowest BCUT2D eigenvalue weighted by Gasteiger charge is -2.30. The molecule has 8 heteroatoms. The topological polar surface area (TPSA) is 77.6 Å². The van der Waals surface area contributed by atoms with Gasteiger partial charge >= 0.3 is 0 Å². The van der Waals surface area contributed by atoms with Crippen molar-refractivity contribution in [3.05, 3.63) is 123 Å². The van der Waals surface area contributed by atoms with E-state index in [9.17, 15) is 9.59 Å². The molecular formula is C30H26BrN3O4. The fraction of sp³-hybridized carbons (Fsp3) is 0.167. The third-order valence-electron chi connectivity index (χ3n) is 6.48. The number of rotatable bonds is 7. The van der Waals surface area contributed by atoms with Crippen molar-refractivity contribution in [3.8, 4) is 11.4 Å². The highest BCUT2D eigenvalue weighted by atomic mass is 79.9. The van der Waals surface area contributed by atoms with E-state index in [1.807, 2.05) is 62.4 Å². The molecule has 7 nitrogen and oxygen atoms in total. The summed E-state index contributed by atoms with van der Waals surface area (Å²) in [5, 5.41) is 0.476. The highest BCUT2D eigenvalue weighted by molar-refractivity contribution is 9.10. The van der Waals surface area contributed by atoms with Crippen LogP contribution in [0.2, 0.25) is 0 Å². The van der Waals surface area contributed by atoms with Crippen molar-refractivity contribution in [3.63, 3.8) is 0 Å². The number of ether oxygens (including phenoxy) is 1. The number of methoxy groups -OCH3 is 1. The Morgan fingerprint density at radius 2 is 1.84 bits per heavy atom. The van der Waals surface area contributed by atoms with Gasteiger partial charge in [-0.05, 0) is 80.1 Å². The lowest BCUT2D eigenvalue weighted by atomic mass is 10.1. The maximum Gasteiger partial charge on any atom is 0.266 e. The molecule has 3 aromatic carbocycles. The predicted molar refractivity (Wildman–Crippen MR) is 150 cm³/mol. The molecule has 0 bridgehead atoms. The Hall–Kier alpha value is -4.17. The zero-order chi connectivity index (χ0) is 26.8. The second-order valence-electron chi connectivity index (χ2n) is 9.00. The van der Waals surface area contributed by atoms with Gasteiger partial charge in [0, 0.05) is 10.0 Å². The molecule has 0 aliphatic rings. The minimum absolute atomic E-state index is 0.191. The van der Waals surface area contributed by atoms with Crippen LogP contribution in [0.15, 0.2) is 98.8 Å². The van der Waals surface area contributed by atoms with Crippen LogP contribution in [0.4, 0.5) is 0 Å². The van der Waals surface area contributed by atoms with Crippen LogP contribution < -0.4 is 10.3 Å². The minimum Gasteiger partial charge on any atom is -0.495 e. The molecule has 5 aromatic rings. The average molecular weight is 572 g/mol. The summed E-state index contributed by atoms with van der Waals surface area (Å²) in [5.41, 5.74) is 2.34. The number of aromatic nitrogens is 2. The van der Waals surface area contributed by atoms with Gasteiger partial charge < -0.3 is 14.1 Å². The smallest absolute Gasteiger partial charge is 0.266 e. The molecule has 0 N–H and O–H groups in total. The number of para-hydroxylation sites is 1. The summed E-state index contributed by atoms with van der Waals surface area (Å²) in [7, 11) is 1.57. The quantitative estimate of drug-likeness (QED) is 0.224. The number of aryl methyl sites for hydroxylation is 1. The van der Waals surface area contributed by atoms with Gasteiger partial charge in [-0.15, -0.1) is 0 Å². The van der Waals surface area contributed by atoms with Gasteiger partial charge in [0.25, 0.3) is 11.5 Å². The van der Waals surface area contributed by atoms with Crippen LogP contribution >= 0.6 is 15.9 Å². The van der Waals surface area contributed by atoms with Gasteiger partial charge in [0.2, 0.25) is 0 Å². The molecule has 38 heavy (non-hydrogen) atoms. The monoisotopic (exact) mass is 571 g/mol. The summed E-state index contributed by atoms with van der Waals surface area (Å²) in [4.78, 5) is 34.5. The van der Waals surface area contributed by atoms with Crippen molar-refractivity contribution in [2.45, 2.75) is 26.4 Å². The molecule has 0 spiro atoms. The van der Waals surface area contributed by atoms with Crippen molar-refractivity contribution < 1.29 is 13.9 Å². The Bertz CT molecular complexity index is 1660. The molecule has 0 fully saturated rings. The Morgan fingerprint density at radius 3 is 2.55 bits per heavy atom. The predicted octanol–water partition coefficient (Wildman–Crippen LogP) is 6.46. The number of hydrogen-bond donors (Lipinski definition) is 0. The molecule has 0 saturated carbocycles. The van der Waals surface area contributed by atoms with E-state index in [1.54, 1.807) is 53.2 Å². The number of furan rings is 1. The van der Waals surface area contributed by atoms with Crippen molar-refractivity contribution in [1.82, 2.24) is 14.5 Å². The van der Waals surface area contributed by atoms with Crippen LogP contribution in [0, 0.1) is 6.92 Å².